The van der Waals surface area contributed by atoms with Crippen LogP contribution in [0.5, 0.6) is 0 Å². The van der Waals surface area contributed by atoms with E-state index in [1.54, 1.807) is 0 Å². The monoisotopic (exact) mass is 224 g/mol. The van der Waals surface area contributed by atoms with Crippen molar-refractivity contribution in [3.05, 3.63) is 0 Å². The molecule has 2 fully saturated rings. The van der Waals surface area contributed by atoms with Crippen LogP contribution in [0.4, 0.5) is 0 Å². The minimum absolute atomic E-state index is 0.375. The molecule has 2 aliphatic rings. The Morgan fingerprint density at radius 3 is 2.81 bits per heavy atom. The van der Waals surface area contributed by atoms with Crippen LogP contribution >= 0.6 is 0 Å². The van der Waals surface area contributed by atoms with Gasteiger partial charge in [-0.25, -0.2) is 0 Å². The van der Waals surface area contributed by atoms with Gasteiger partial charge < -0.3 is 10.2 Å². The van der Waals surface area contributed by atoms with E-state index >= 15 is 0 Å². The molecule has 0 bridgehead atoms. The molecule has 0 aromatic heterocycles. The van der Waals surface area contributed by atoms with Gasteiger partial charge in [0.1, 0.15) is 0 Å². The molecule has 1 saturated carbocycles. The maximum Gasteiger partial charge on any atom is 0.223 e. The molecule has 3 nitrogen and oxygen atoms in total. The molecule has 3 unspecified atom stereocenters. The van der Waals surface area contributed by atoms with Gasteiger partial charge in [0.2, 0.25) is 5.91 Å². The lowest BCUT2D eigenvalue weighted by atomic mass is 10.0. The van der Waals surface area contributed by atoms with Gasteiger partial charge in [0, 0.05) is 32.1 Å². The highest BCUT2D eigenvalue weighted by atomic mass is 16.2. The van der Waals surface area contributed by atoms with Gasteiger partial charge in [-0.15, -0.1) is 0 Å². The van der Waals surface area contributed by atoms with E-state index in [2.05, 4.69) is 24.1 Å². The smallest absolute Gasteiger partial charge is 0.223 e. The van der Waals surface area contributed by atoms with E-state index in [9.17, 15) is 4.79 Å². The number of carbonyl (C=O) groups excluding carboxylic acids is 1. The highest BCUT2D eigenvalue weighted by Gasteiger charge is 2.28. The summed E-state index contributed by atoms with van der Waals surface area (Å²) < 4.78 is 0. The normalized spacial score (nSPS) is 35.4. The molecular weight excluding hydrogens is 200 g/mol. The van der Waals surface area contributed by atoms with E-state index in [0.717, 1.165) is 32.0 Å². The SMILES string of the molecule is CC1CCC(CC(=O)N2CCNCC2C)C1. The number of nitrogens with one attached hydrogen (secondary N) is 1. The van der Waals surface area contributed by atoms with Crippen molar-refractivity contribution in [2.45, 2.75) is 45.6 Å². The maximum absolute atomic E-state index is 12.2. The van der Waals surface area contributed by atoms with Gasteiger partial charge in [-0.1, -0.05) is 13.3 Å². The summed E-state index contributed by atoms with van der Waals surface area (Å²) in [7, 11) is 0. The maximum atomic E-state index is 12.2. The predicted octanol–water partition coefficient (Wildman–Crippen LogP) is 1.63. The Morgan fingerprint density at radius 1 is 1.38 bits per heavy atom. The number of nitrogens with zero attached hydrogens (tertiary/aromatic N) is 1. The Hall–Kier alpha value is -0.570. The topological polar surface area (TPSA) is 32.3 Å². The first kappa shape index (κ1) is 11.9. The molecule has 3 heteroatoms. The van der Waals surface area contributed by atoms with Gasteiger partial charge >= 0.3 is 0 Å². The van der Waals surface area contributed by atoms with Gasteiger partial charge in [0.05, 0.1) is 0 Å². The van der Waals surface area contributed by atoms with Gasteiger partial charge in [-0.2, -0.15) is 0 Å². The average Bonchev–Trinajstić information content (AvgIpc) is 2.64. The first-order chi connectivity index (χ1) is 7.66. The minimum atomic E-state index is 0.375. The molecule has 92 valence electrons. The van der Waals surface area contributed by atoms with Crippen LogP contribution in [0, 0.1) is 11.8 Å². The van der Waals surface area contributed by atoms with Crippen molar-refractivity contribution < 1.29 is 4.79 Å². The summed E-state index contributed by atoms with van der Waals surface area (Å²) >= 11 is 0. The highest BCUT2D eigenvalue weighted by molar-refractivity contribution is 5.77. The standard InChI is InChI=1S/C13H24N2O/c1-10-3-4-12(7-10)8-13(16)15-6-5-14-9-11(15)2/h10-12,14H,3-9H2,1-2H3. The Labute approximate surface area is 98.6 Å². The van der Waals surface area contributed by atoms with Crippen molar-refractivity contribution >= 4 is 5.91 Å². The van der Waals surface area contributed by atoms with Gasteiger partial charge in [-0.3, -0.25) is 4.79 Å². The van der Waals surface area contributed by atoms with E-state index < -0.39 is 0 Å². The van der Waals surface area contributed by atoms with Crippen LogP contribution < -0.4 is 5.32 Å². The summed E-state index contributed by atoms with van der Waals surface area (Å²) in [5.74, 6) is 1.87. The second-order valence-corrected chi connectivity index (χ2v) is 5.63. The Balaban J connectivity index is 1.82. The second kappa shape index (κ2) is 5.17. The fourth-order valence-corrected chi connectivity index (χ4v) is 3.09. The summed E-state index contributed by atoms with van der Waals surface area (Å²) in [5.41, 5.74) is 0. The third-order valence-corrected chi connectivity index (χ3v) is 4.09. The zero-order valence-electron chi connectivity index (χ0n) is 10.5. The van der Waals surface area contributed by atoms with Crippen LogP contribution in [-0.4, -0.2) is 36.5 Å². The minimum Gasteiger partial charge on any atom is -0.337 e. The summed E-state index contributed by atoms with van der Waals surface area (Å²) in [6.07, 6.45) is 4.61. The average molecular weight is 224 g/mol. The molecule has 0 spiro atoms. The number of hydrogen-bond donors (Lipinski definition) is 1. The first-order valence-electron chi connectivity index (χ1n) is 6.67. The fraction of sp³-hybridized carbons (Fsp3) is 0.923. The van der Waals surface area contributed by atoms with Crippen LogP contribution in [0.15, 0.2) is 0 Å². The lowest BCUT2D eigenvalue weighted by Gasteiger charge is -2.34. The van der Waals surface area contributed by atoms with Crippen LogP contribution in [0.2, 0.25) is 0 Å². The van der Waals surface area contributed by atoms with Crippen LogP contribution in [0.3, 0.4) is 0 Å². The summed E-state index contributed by atoms with van der Waals surface area (Å²) in [6, 6.07) is 0.375. The molecule has 1 heterocycles. The summed E-state index contributed by atoms with van der Waals surface area (Å²) in [6.45, 7) is 7.24. The van der Waals surface area contributed by atoms with Crippen LogP contribution in [-0.2, 0) is 4.79 Å². The van der Waals surface area contributed by atoms with Crippen molar-refractivity contribution in [1.29, 1.82) is 0 Å². The van der Waals surface area contributed by atoms with Crippen LogP contribution in [0.25, 0.3) is 0 Å². The third-order valence-electron chi connectivity index (χ3n) is 4.09. The second-order valence-electron chi connectivity index (χ2n) is 5.63. The predicted molar refractivity (Wildman–Crippen MR) is 65.2 cm³/mol. The Bertz CT molecular complexity index is 254. The molecule has 1 amide bonds. The lowest BCUT2D eigenvalue weighted by molar-refractivity contribution is -0.134. The van der Waals surface area contributed by atoms with Gasteiger partial charge in [0.25, 0.3) is 0 Å². The molecule has 1 saturated heterocycles. The number of amides is 1. The summed E-state index contributed by atoms with van der Waals surface area (Å²) in [4.78, 5) is 14.2. The Morgan fingerprint density at radius 2 is 2.19 bits per heavy atom. The molecule has 0 aromatic carbocycles. The fourth-order valence-electron chi connectivity index (χ4n) is 3.09. The van der Waals surface area contributed by atoms with E-state index in [0.29, 0.717) is 17.9 Å². The van der Waals surface area contributed by atoms with Crippen molar-refractivity contribution in [3.63, 3.8) is 0 Å². The van der Waals surface area contributed by atoms with Crippen LogP contribution in [0.1, 0.15) is 39.5 Å². The zero-order chi connectivity index (χ0) is 11.5. The van der Waals surface area contributed by atoms with Crippen molar-refractivity contribution in [3.8, 4) is 0 Å². The quantitative estimate of drug-likeness (QED) is 0.773. The van der Waals surface area contributed by atoms with Gasteiger partial charge in [-0.05, 0) is 31.6 Å². The van der Waals surface area contributed by atoms with Crippen molar-refractivity contribution in [2.75, 3.05) is 19.6 Å². The number of carbonyl (C=O) groups is 1. The molecular formula is C13H24N2O. The third kappa shape index (κ3) is 2.76. The molecule has 0 aromatic rings. The molecule has 16 heavy (non-hydrogen) atoms. The molecule has 1 aliphatic carbocycles. The Kier molecular flexibility index (Phi) is 3.85. The van der Waals surface area contributed by atoms with E-state index in [-0.39, 0.29) is 0 Å². The molecule has 1 aliphatic heterocycles. The van der Waals surface area contributed by atoms with E-state index in [1.807, 2.05) is 0 Å². The zero-order valence-corrected chi connectivity index (χ0v) is 10.5. The number of piperazine rings is 1. The lowest BCUT2D eigenvalue weighted by Crippen LogP contribution is -2.52. The van der Waals surface area contributed by atoms with E-state index in [4.69, 9.17) is 0 Å². The summed E-state index contributed by atoms with van der Waals surface area (Å²) in [5, 5.41) is 3.33. The van der Waals surface area contributed by atoms with E-state index in [1.165, 1.54) is 19.3 Å². The van der Waals surface area contributed by atoms with Crippen molar-refractivity contribution in [2.24, 2.45) is 11.8 Å². The molecule has 0 radical (unpaired) electrons. The molecule has 3 atom stereocenters. The number of rotatable bonds is 2. The molecule has 1 N–H and O–H groups in total. The first-order valence-corrected chi connectivity index (χ1v) is 6.67. The molecule has 2 rings (SSSR count). The highest BCUT2D eigenvalue weighted by Crippen LogP contribution is 2.33. The number of hydrogen-bond acceptors (Lipinski definition) is 2. The largest absolute Gasteiger partial charge is 0.337 e. The van der Waals surface area contributed by atoms with Gasteiger partial charge in [0.15, 0.2) is 0 Å². The van der Waals surface area contributed by atoms with Crippen molar-refractivity contribution in [1.82, 2.24) is 10.2 Å².